The van der Waals surface area contributed by atoms with Gasteiger partial charge in [0.15, 0.2) is 11.6 Å². The van der Waals surface area contributed by atoms with E-state index in [1.165, 1.54) is 12.4 Å². The summed E-state index contributed by atoms with van der Waals surface area (Å²) in [5.41, 5.74) is 9.55. The third kappa shape index (κ3) is 3.46. The Balaban J connectivity index is 1.45. The molecule has 0 unspecified atom stereocenters. The summed E-state index contributed by atoms with van der Waals surface area (Å²) in [6.07, 6.45) is 4.84. The highest BCUT2D eigenvalue weighted by Gasteiger charge is 2.10. The molecule has 0 saturated carbocycles. The SMILES string of the molecule is Nc1ncccc1-c1cc(Cc2ccc(Cn3cc(F)cn3)cc2)no1. The van der Waals surface area contributed by atoms with Crippen molar-refractivity contribution in [3.8, 4) is 11.3 Å². The van der Waals surface area contributed by atoms with Crippen molar-refractivity contribution in [2.75, 3.05) is 5.73 Å². The minimum absolute atomic E-state index is 0.335. The van der Waals surface area contributed by atoms with Crippen molar-refractivity contribution < 1.29 is 8.91 Å². The zero-order valence-electron chi connectivity index (χ0n) is 13.8. The Hall–Kier alpha value is -3.48. The molecule has 4 rings (SSSR count). The number of rotatable bonds is 5. The fourth-order valence-corrected chi connectivity index (χ4v) is 2.73. The van der Waals surface area contributed by atoms with Crippen molar-refractivity contribution in [3.63, 3.8) is 0 Å². The van der Waals surface area contributed by atoms with Crippen LogP contribution in [-0.2, 0) is 13.0 Å². The van der Waals surface area contributed by atoms with Gasteiger partial charge in [-0.05, 0) is 23.3 Å². The minimum Gasteiger partial charge on any atom is -0.383 e. The van der Waals surface area contributed by atoms with Crippen molar-refractivity contribution in [2.24, 2.45) is 0 Å². The molecule has 0 aliphatic rings. The van der Waals surface area contributed by atoms with E-state index in [1.807, 2.05) is 36.4 Å². The first-order chi connectivity index (χ1) is 12.7. The van der Waals surface area contributed by atoms with Crippen LogP contribution in [0.1, 0.15) is 16.8 Å². The van der Waals surface area contributed by atoms with Gasteiger partial charge in [-0.3, -0.25) is 4.68 Å². The highest BCUT2D eigenvalue weighted by molar-refractivity contribution is 5.69. The second-order valence-electron chi connectivity index (χ2n) is 5.97. The lowest BCUT2D eigenvalue weighted by atomic mass is 10.1. The predicted octanol–water partition coefficient (Wildman–Crippen LogP) is 3.29. The molecule has 0 aliphatic carbocycles. The Morgan fingerprint density at radius 2 is 1.92 bits per heavy atom. The van der Waals surface area contributed by atoms with Crippen LogP contribution in [0, 0.1) is 5.82 Å². The van der Waals surface area contributed by atoms with Crippen LogP contribution in [0.4, 0.5) is 10.2 Å². The number of aromatic nitrogens is 4. The lowest BCUT2D eigenvalue weighted by Gasteiger charge is -2.03. The largest absolute Gasteiger partial charge is 0.383 e. The molecule has 2 N–H and O–H groups in total. The number of halogens is 1. The van der Waals surface area contributed by atoms with Crippen LogP contribution in [0.25, 0.3) is 11.3 Å². The third-order valence-electron chi connectivity index (χ3n) is 4.02. The molecular weight excluding hydrogens is 333 g/mol. The van der Waals surface area contributed by atoms with E-state index >= 15 is 0 Å². The monoisotopic (exact) mass is 349 g/mol. The Morgan fingerprint density at radius 3 is 2.65 bits per heavy atom. The number of anilines is 1. The molecule has 4 aromatic rings. The van der Waals surface area contributed by atoms with Crippen LogP contribution >= 0.6 is 0 Å². The first kappa shape index (κ1) is 16.0. The zero-order chi connectivity index (χ0) is 17.9. The Morgan fingerprint density at radius 1 is 1.12 bits per heavy atom. The van der Waals surface area contributed by atoms with Gasteiger partial charge in [-0.25, -0.2) is 9.37 Å². The number of nitrogens with two attached hydrogens (primary N) is 1. The molecular formula is C19H16FN5O. The Kier molecular flexibility index (Phi) is 4.18. The highest BCUT2D eigenvalue weighted by Crippen LogP contribution is 2.25. The Labute approximate surface area is 149 Å². The van der Waals surface area contributed by atoms with Crippen molar-refractivity contribution >= 4 is 5.82 Å². The number of nitrogens with zero attached hydrogens (tertiary/aromatic N) is 4. The molecule has 0 bridgehead atoms. The summed E-state index contributed by atoms with van der Waals surface area (Å²) in [5, 5.41) is 8.05. The number of nitrogen functional groups attached to an aromatic ring is 1. The molecule has 0 radical (unpaired) electrons. The van der Waals surface area contributed by atoms with Crippen molar-refractivity contribution in [1.29, 1.82) is 0 Å². The van der Waals surface area contributed by atoms with Crippen LogP contribution in [0.15, 0.2) is 65.6 Å². The molecule has 130 valence electrons. The van der Waals surface area contributed by atoms with Gasteiger partial charge in [-0.2, -0.15) is 5.10 Å². The van der Waals surface area contributed by atoms with Crippen molar-refractivity contribution in [1.82, 2.24) is 19.9 Å². The van der Waals surface area contributed by atoms with Crippen LogP contribution in [-0.4, -0.2) is 19.9 Å². The summed E-state index contributed by atoms with van der Waals surface area (Å²) in [6.45, 7) is 0.526. The average Bonchev–Trinajstić information content (AvgIpc) is 3.26. The summed E-state index contributed by atoms with van der Waals surface area (Å²) in [6, 6.07) is 13.5. The second-order valence-corrected chi connectivity index (χ2v) is 5.97. The first-order valence-corrected chi connectivity index (χ1v) is 8.09. The van der Waals surface area contributed by atoms with Gasteiger partial charge in [-0.1, -0.05) is 29.4 Å². The van der Waals surface area contributed by atoms with E-state index in [0.29, 0.717) is 24.5 Å². The second kappa shape index (κ2) is 6.79. The van der Waals surface area contributed by atoms with Crippen molar-refractivity contribution in [3.05, 3.63) is 83.7 Å². The summed E-state index contributed by atoms with van der Waals surface area (Å²) in [7, 11) is 0. The zero-order valence-corrected chi connectivity index (χ0v) is 13.8. The maximum Gasteiger partial charge on any atom is 0.170 e. The van der Waals surface area contributed by atoms with Gasteiger partial charge in [0.1, 0.15) is 5.82 Å². The molecule has 26 heavy (non-hydrogen) atoms. The van der Waals surface area contributed by atoms with Crippen LogP contribution in [0.3, 0.4) is 0 Å². The normalized spacial score (nSPS) is 11.0. The van der Waals surface area contributed by atoms with Gasteiger partial charge < -0.3 is 10.3 Å². The molecule has 0 amide bonds. The van der Waals surface area contributed by atoms with E-state index in [1.54, 1.807) is 16.9 Å². The standard InChI is InChI=1S/C19H16FN5O/c20-15-10-23-25(12-15)11-14-5-3-13(4-6-14)8-16-9-18(26-24-16)17-2-1-7-22-19(17)21/h1-7,9-10,12H,8,11H2,(H2,21,22). The fraction of sp³-hybridized carbons (Fsp3) is 0.105. The molecule has 0 spiro atoms. The highest BCUT2D eigenvalue weighted by atomic mass is 19.1. The fourth-order valence-electron chi connectivity index (χ4n) is 2.73. The van der Waals surface area contributed by atoms with E-state index in [0.717, 1.165) is 22.4 Å². The van der Waals surface area contributed by atoms with Gasteiger partial charge in [0.25, 0.3) is 0 Å². The summed E-state index contributed by atoms with van der Waals surface area (Å²) in [4.78, 5) is 4.05. The van der Waals surface area contributed by atoms with E-state index in [4.69, 9.17) is 10.3 Å². The van der Waals surface area contributed by atoms with Crippen molar-refractivity contribution in [2.45, 2.75) is 13.0 Å². The topological polar surface area (TPSA) is 82.8 Å². The Bertz CT molecular complexity index is 1020. The number of hydrogen-bond donors (Lipinski definition) is 1. The number of hydrogen-bond acceptors (Lipinski definition) is 5. The van der Waals surface area contributed by atoms with Gasteiger partial charge in [0.05, 0.1) is 30.2 Å². The quantitative estimate of drug-likeness (QED) is 0.598. The number of benzene rings is 1. The molecule has 6 nitrogen and oxygen atoms in total. The van der Waals surface area contributed by atoms with Gasteiger partial charge in [0.2, 0.25) is 0 Å². The van der Waals surface area contributed by atoms with Gasteiger partial charge >= 0.3 is 0 Å². The maximum atomic E-state index is 13.0. The average molecular weight is 349 g/mol. The minimum atomic E-state index is -0.335. The number of pyridine rings is 1. The van der Waals surface area contributed by atoms with Crippen LogP contribution in [0.2, 0.25) is 0 Å². The molecule has 0 aliphatic heterocycles. The molecule has 3 heterocycles. The van der Waals surface area contributed by atoms with E-state index in [9.17, 15) is 4.39 Å². The lowest BCUT2D eigenvalue weighted by Crippen LogP contribution is -2.00. The lowest BCUT2D eigenvalue weighted by molar-refractivity contribution is 0.425. The van der Waals surface area contributed by atoms with Gasteiger partial charge in [0, 0.05) is 18.7 Å². The molecule has 7 heteroatoms. The predicted molar refractivity (Wildman–Crippen MR) is 94.7 cm³/mol. The summed E-state index contributed by atoms with van der Waals surface area (Å²) in [5.74, 6) is 0.676. The molecule has 3 aromatic heterocycles. The smallest absolute Gasteiger partial charge is 0.170 e. The van der Waals surface area contributed by atoms with Crippen LogP contribution in [0.5, 0.6) is 0 Å². The van der Waals surface area contributed by atoms with E-state index < -0.39 is 0 Å². The first-order valence-electron chi connectivity index (χ1n) is 8.09. The van der Waals surface area contributed by atoms with E-state index in [-0.39, 0.29) is 5.82 Å². The summed E-state index contributed by atoms with van der Waals surface area (Å²) >= 11 is 0. The van der Waals surface area contributed by atoms with Gasteiger partial charge in [-0.15, -0.1) is 0 Å². The molecule has 0 atom stereocenters. The third-order valence-corrected chi connectivity index (χ3v) is 4.02. The molecule has 1 aromatic carbocycles. The maximum absolute atomic E-state index is 13.0. The van der Waals surface area contributed by atoms with E-state index in [2.05, 4.69) is 15.2 Å². The molecule has 0 saturated heterocycles. The summed E-state index contributed by atoms with van der Waals surface area (Å²) < 4.78 is 19.9. The van der Waals surface area contributed by atoms with Crippen LogP contribution < -0.4 is 5.73 Å². The molecule has 0 fully saturated rings.